The number of nitrogens with zero attached hydrogens (tertiary/aromatic N) is 4. The van der Waals surface area contributed by atoms with Crippen molar-refractivity contribution in [3.63, 3.8) is 0 Å². The summed E-state index contributed by atoms with van der Waals surface area (Å²) < 4.78 is 64.1. The number of hydrogen-bond acceptors (Lipinski definition) is 8. The molecule has 0 radical (unpaired) electrons. The SMILES string of the molecule is C#CCN(Cc1cc2c(=O)n(COC(=O)C(C)(C)C)c(C)nc2cc1C)c1c(F)cccc1C(=O)C(c1ccc(F)cc1)S(=O)(=O)N(C)C. The number of anilines is 1. The highest BCUT2D eigenvalue weighted by Crippen LogP contribution is 2.35. The van der Waals surface area contributed by atoms with Crippen molar-refractivity contribution in [2.75, 3.05) is 25.5 Å². The number of para-hydroxylation sites is 1. The van der Waals surface area contributed by atoms with Crippen LogP contribution in [-0.4, -0.2) is 54.7 Å². The molecule has 258 valence electrons. The summed E-state index contributed by atoms with van der Waals surface area (Å²) in [5.74, 6) is -0.0977. The Balaban J connectivity index is 1.83. The predicted molar refractivity (Wildman–Crippen MR) is 183 cm³/mol. The first kappa shape index (κ1) is 36.9. The van der Waals surface area contributed by atoms with Gasteiger partial charge in [-0.1, -0.05) is 24.1 Å². The Bertz CT molecular complexity index is 2130. The lowest BCUT2D eigenvalue weighted by Gasteiger charge is -2.28. The number of sulfonamides is 1. The maximum Gasteiger partial charge on any atom is 0.312 e. The number of fused-ring (bicyclic) bond motifs is 1. The van der Waals surface area contributed by atoms with Gasteiger partial charge in [0.25, 0.3) is 5.56 Å². The molecule has 0 aliphatic heterocycles. The third-order valence-electron chi connectivity index (χ3n) is 7.97. The summed E-state index contributed by atoms with van der Waals surface area (Å²) in [5, 5.41) is -1.61. The van der Waals surface area contributed by atoms with Gasteiger partial charge >= 0.3 is 5.97 Å². The molecule has 1 aromatic heterocycles. The molecule has 10 nitrogen and oxygen atoms in total. The molecule has 3 aromatic carbocycles. The van der Waals surface area contributed by atoms with E-state index in [0.717, 1.165) is 22.5 Å². The van der Waals surface area contributed by atoms with E-state index < -0.39 is 49.6 Å². The molecule has 4 rings (SSSR count). The molecule has 0 saturated carbocycles. The van der Waals surface area contributed by atoms with Crippen molar-refractivity contribution in [3.8, 4) is 12.3 Å². The molecular formula is C36H38F2N4O6S. The highest BCUT2D eigenvalue weighted by molar-refractivity contribution is 7.90. The molecular weight excluding hydrogens is 654 g/mol. The van der Waals surface area contributed by atoms with Gasteiger partial charge in [0.15, 0.2) is 17.8 Å². The highest BCUT2D eigenvalue weighted by atomic mass is 32.2. The molecule has 0 bridgehead atoms. The van der Waals surface area contributed by atoms with Crippen molar-refractivity contribution < 1.29 is 31.5 Å². The highest BCUT2D eigenvalue weighted by Gasteiger charge is 2.38. The maximum atomic E-state index is 15.8. The summed E-state index contributed by atoms with van der Waals surface area (Å²) >= 11 is 0. The molecule has 0 amide bonds. The monoisotopic (exact) mass is 692 g/mol. The van der Waals surface area contributed by atoms with Crippen LogP contribution in [0.15, 0.2) is 59.4 Å². The van der Waals surface area contributed by atoms with Gasteiger partial charge in [0.1, 0.15) is 17.5 Å². The summed E-state index contributed by atoms with van der Waals surface area (Å²) in [5.41, 5.74) is -0.127. The third-order valence-corrected chi connectivity index (χ3v) is 10.1. The normalized spacial score (nSPS) is 12.5. The number of esters is 1. The summed E-state index contributed by atoms with van der Waals surface area (Å²) in [6, 6.07) is 11.5. The first-order chi connectivity index (χ1) is 22.9. The molecule has 1 heterocycles. The fraction of sp³-hybridized carbons (Fsp3) is 0.333. The molecule has 0 saturated heterocycles. The lowest BCUT2D eigenvalue weighted by Crippen LogP contribution is -2.34. The van der Waals surface area contributed by atoms with Gasteiger partial charge in [-0.3, -0.25) is 19.0 Å². The van der Waals surface area contributed by atoms with E-state index in [1.165, 1.54) is 47.8 Å². The maximum absolute atomic E-state index is 15.8. The van der Waals surface area contributed by atoms with E-state index in [9.17, 15) is 27.2 Å². The average molecular weight is 693 g/mol. The van der Waals surface area contributed by atoms with Crippen LogP contribution in [0.2, 0.25) is 0 Å². The largest absolute Gasteiger partial charge is 0.443 e. The number of ether oxygens (including phenoxy) is 1. The third kappa shape index (κ3) is 7.71. The summed E-state index contributed by atoms with van der Waals surface area (Å²) in [6.45, 7) is 7.86. The first-order valence-corrected chi connectivity index (χ1v) is 16.7. The summed E-state index contributed by atoms with van der Waals surface area (Å²) in [7, 11) is -1.81. The minimum absolute atomic E-state index is 0.00330. The number of Topliss-reactive ketones (excluding diaryl/α,β-unsaturated/α-hetero) is 1. The number of carbonyl (C=O) groups is 2. The molecule has 0 fully saturated rings. The van der Waals surface area contributed by atoms with Crippen LogP contribution in [0, 0.1) is 43.2 Å². The van der Waals surface area contributed by atoms with Crippen molar-refractivity contribution in [1.29, 1.82) is 0 Å². The standard InChI is InChI=1S/C36H38F2N4O6S/c1-9-17-41(20-25-19-28-30(18-22(25)2)39-23(3)42(34(28)44)21-48-35(45)36(4,5)6)31-27(11-10-12-29(31)38)32(43)33(49(46,47)40(7)8)24-13-15-26(37)16-14-24/h1,10-16,18-19,33H,17,20-21H2,2-8H3. The van der Waals surface area contributed by atoms with Crippen molar-refractivity contribution in [2.45, 2.75) is 53.1 Å². The van der Waals surface area contributed by atoms with E-state index >= 15 is 4.39 Å². The van der Waals surface area contributed by atoms with Crippen LogP contribution in [0.3, 0.4) is 0 Å². The number of carbonyl (C=O) groups excluding carboxylic acids is 2. The number of terminal acetylenes is 1. The van der Waals surface area contributed by atoms with Gasteiger partial charge in [-0.25, -0.2) is 26.5 Å². The van der Waals surface area contributed by atoms with Crippen LogP contribution < -0.4 is 10.5 Å². The van der Waals surface area contributed by atoms with E-state index in [2.05, 4.69) is 10.9 Å². The van der Waals surface area contributed by atoms with Crippen molar-refractivity contribution in [3.05, 3.63) is 105 Å². The Morgan fingerprint density at radius 3 is 2.31 bits per heavy atom. The van der Waals surface area contributed by atoms with Crippen LogP contribution in [0.5, 0.6) is 0 Å². The Labute approximate surface area is 284 Å². The van der Waals surface area contributed by atoms with Gasteiger partial charge < -0.3 is 9.64 Å². The van der Waals surface area contributed by atoms with Gasteiger partial charge in [0, 0.05) is 26.2 Å². The van der Waals surface area contributed by atoms with E-state index in [1.54, 1.807) is 46.8 Å². The Kier molecular flexibility index (Phi) is 10.8. The molecule has 1 unspecified atom stereocenters. The Morgan fingerprint density at radius 2 is 1.71 bits per heavy atom. The topological polar surface area (TPSA) is 119 Å². The summed E-state index contributed by atoms with van der Waals surface area (Å²) in [6.07, 6.45) is 5.71. The molecule has 13 heteroatoms. The summed E-state index contributed by atoms with van der Waals surface area (Å²) in [4.78, 5) is 46.2. The van der Waals surface area contributed by atoms with Gasteiger partial charge in [0.05, 0.1) is 28.6 Å². The second kappa shape index (κ2) is 14.3. The van der Waals surface area contributed by atoms with E-state index in [4.69, 9.17) is 11.2 Å². The van der Waals surface area contributed by atoms with Crippen LogP contribution in [0.25, 0.3) is 10.9 Å². The fourth-order valence-corrected chi connectivity index (χ4v) is 6.52. The number of hydrogen-bond donors (Lipinski definition) is 0. The minimum Gasteiger partial charge on any atom is -0.443 e. The van der Waals surface area contributed by atoms with Gasteiger partial charge in [-0.2, -0.15) is 0 Å². The van der Waals surface area contributed by atoms with Crippen LogP contribution in [0.1, 0.15) is 58.9 Å². The first-order valence-electron chi connectivity index (χ1n) is 15.2. The molecule has 49 heavy (non-hydrogen) atoms. The van der Waals surface area contributed by atoms with Gasteiger partial charge in [-0.05, 0) is 87.7 Å². The predicted octanol–water partition coefficient (Wildman–Crippen LogP) is 5.29. The zero-order chi connectivity index (χ0) is 36.4. The number of rotatable bonds is 11. The second-order valence-corrected chi connectivity index (χ2v) is 15.0. The zero-order valence-corrected chi connectivity index (χ0v) is 29.2. The van der Waals surface area contributed by atoms with Crippen LogP contribution in [-0.2, 0) is 32.8 Å². The van der Waals surface area contributed by atoms with Crippen molar-refractivity contribution >= 4 is 38.4 Å². The quantitative estimate of drug-likeness (QED) is 0.118. The Morgan fingerprint density at radius 1 is 1.06 bits per heavy atom. The Hall–Kier alpha value is -4.93. The lowest BCUT2D eigenvalue weighted by molar-refractivity contribution is -0.157. The average Bonchev–Trinajstić information content (AvgIpc) is 3.01. The number of halogens is 2. The molecule has 4 aromatic rings. The van der Waals surface area contributed by atoms with Crippen molar-refractivity contribution in [1.82, 2.24) is 13.9 Å². The molecule has 0 aliphatic rings. The number of ketones is 1. The van der Waals surface area contributed by atoms with Crippen LogP contribution in [0.4, 0.5) is 14.5 Å². The zero-order valence-electron chi connectivity index (χ0n) is 28.4. The van der Waals surface area contributed by atoms with E-state index in [-0.39, 0.29) is 42.0 Å². The van der Waals surface area contributed by atoms with Gasteiger partial charge in [-0.15, -0.1) is 6.42 Å². The number of benzene rings is 3. The molecule has 0 N–H and O–H groups in total. The van der Waals surface area contributed by atoms with Gasteiger partial charge in [0.2, 0.25) is 10.0 Å². The number of aromatic nitrogens is 2. The van der Waals surface area contributed by atoms with E-state index in [1.807, 2.05) is 0 Å². The molecule has 0 aliphatic carbocycles. The van der Waals surface area contributed by atoms with E-state index in [0.29, 0.717) is 22.5 Å². The number of aryl methyl sites for hydroxylation is 2. The fourth-order valence-electron chi connectivity index (χ4n) is 5.20. The lowest BCUT2D eigenvalue weighted by atomic mass is 9.98. The second-order valence-electron chi connectivity index (χ2n) is 12.8. The molecule has 0 spiro atoms. The minimum atomic E-state index is -4.34. The van der Waals surface area contributed by atoms with Crippen molar-refractivity contribution in [2.24, 2.45) is 5.41 Å². The molecule has 1 atom stereocenters. The smallest absolute Gasteiger partial charge is 0.312 e. The van der Waals surface area contributed by atoms with Crippen LogP contribution >= 0.6 is 0 Å².